The highest BCUT2D eigenvalue weighted by atomic mass is 79.9. The van der Waals surface area contributed by atoms with Gasteiger partial charge in [-0.05, 0) is 40.5 Å². The average molecular weight is 318 g/mol. The molecule has 1 aliphatic heterocycles. The molecule has 0 spiro atoms. The lowest BCUT2D eigenvalue weighted by molar-refractivity contribution is -0.130. The van der Waals surface area contributed by atoms with Crippen molar-refractivity contribution >= 4 is 45.0 Å². The van der Waals surface area contributed by atoms with Crippen LogP contribution in [0.5, 0.6) is 0 Å². The minimum absolute atomic E-state index is 0.156. The van der Waals surface area contributed by atoms with Gasteiger partial charge in [-0.1, -0.05) is 11.6 Å². The Bertz CT molecular complexity index is 488. The minimum atomic E-state index is -0.301. The lowest BCUT2D eigenvalue weighted by Gasteiger charge is -2.28. The Labute approximate surface area is 112 Å². The smallest absolute Gasteiger partial charge is 0.246 e. The Kier molecular flexibility index (Phi) is 3.40. The van der Waals surface area contributed by atoms with Crippen LogP contribution in [0.1, 0.15) is 5.56 Å². The van der Waals surface area contributed by atoms with Gasteiger partial charge < -0.3 is 4.90 Å². The molecule has 6 heteroatoms. The number of imide groups is 1. The third-order valence-corrected chi connectivity index (χ3v) is 3.56. The maximum absolute atomic E-state index is 11.3. The molecule has 0 saturated carbocycles. The van der Waals surface area contributed by atoms with E-state index in [2.05, 4.69) is 21.2 Å². The molecule has 1 aliphatic rings. The van der Waals surface area contributed by atoms with Crippen LogP contribution in [0.25, 0.3) is 0 Å². The molecular weight excluding hydrogens is 307 g/mol. The van der Waals surface area contributed by atoms with Gasteiger partial charge in [0.05, 0.1) is 18.8 Å². The number of piperazine rings is 1. The molecule has 1 saturated heterocycles. The zero-order valence-electron chi connectivity index (χ0n) is 9.09. The summed E-state index contributed by atoms with van der Waals surface area (Å²) >= 11 is 9.46. The summed E-state index contributed by atoms with van der Waals surface area (Å²) < 4.78 is 0.821. The molecule has 90 valence electrons. The highest BCUT2D eigenvalue weighted by Gasteiger charge is 2.24. The summed E-state index contributed by atoms with van der Waals surface area (Å²) in [7, 11) is 0. The lowest BCUT2D eigenvalue weighted by atomic mass is 10.2. The molecule has 2 amide bonds. The number of aryl methyl sites for hydroxylation is 1. The highest BCUT2D eigenvalue weighted by Crippen LogP contribution is 2.32. The molecule has 1 fully saturated rings. The fourth-order valence-corrected chi connectivity index (χ4v) is 2.55. The number of anilines is 1. The Morgan fingerprint density at radius 2 is 1.88 bits per heavy atom. The van der Waals surface area contributed by atoms with E-state index in [0.29, 0.717) is 5.02 Å². The largest absolute Gasteiger partial charge is 0.352 e. The maximum atomic E-state index is 11.3. The molecule has 1 aromatic carbocycles. The van der Waals surface area contributed by atoms with Crippen molar-refractivity contribution < 1.29 is 9.59 Å². The van der Waals surface area contributed by atoms with Crippen LogP contribution in [-0.2, 0) is 9.59 Å². The van der Waals surface area contributed by atoms with Crippen molar-refractivity contribution in [2.24, 2.45) is 0 Å². The molecule has 0 aromatic heterocycles. The zero-order chi connectivity index (χ0) is 12.6. The van der Waals surface area contributed by atoms with Gasteiger partial charge in [0.25, 0.3) is 0 Å². The SMILES string of the molecule is Cc1cc(Br)c(N2CC(=O)NC(=O)C2)cc1Cl. The summed E-state index contributed by atoms with van der Waals surface area (Å²) in [6, 6.07) is 3.63. The van der Waals surface area contributed by atoms with Gasteiger partial charge in [-0.2, -0.15) is 0 Å². The Morgan fingerprint density at radius 3 is 2.47 bits per heavy atom. The van der Waals surface area contributed by atoms with Gasteiger partial charge in [0.2, 0.25) is 11.8 Å². The third-order valence-electron chi connectivity index (χ3n) is 2.52. The van der Waals surface area contributed by atoms with Gasteiger partial charge in [0, 0.05) is 9.50 Å². The number of nitrogens with one attached hydrogen (secondary N) is 1. The molecular formula is C11H10BrClN2O2. The number of halogens is 2. The van der Waals surface area contributed by atoms with Gasteiger partial charge >= 0.3 is 0 Å². The first-order chi connectivity index (χ1) is 7.97. The summed E-state index contributed by atoms with van der Waals surface area (Å²) in [4.78, 5) is 24.3. The van der Waals surface area contributed by atoms with Crippen LogP contribution in [0, 0.1) is 6.92 Å². The van der Waals surface area contributed by atoms with Crippen molar-refractivity contribution in [2.75, 3.05) is 18.0 Å². The number of carbonyl (C=O) groups is 2. The van der Waals surface area contributed by atoms with E-state index >= 15 is 0 Å². The highest BCUT2D eigenvalue weighted by molar-refractivity contribution is 9.10. The maximum Gasteiger partial charge on any atom is 0.246 e. The van der Waals surface area contributed by atoms with E-state index in [1.165, 1.54) is 0 Å². The standard InChI is InChI=1S/C11H10BrClN2O2/c1-6-2-7(12)9(3-8(6)13)15-4-10(16)14-11(17)5-15/h2-3H,4-5H2,1H3,(H,14,16,17). The average Bonchev–Trinajstić information content (AvgIpc) is 2.22. The number of carbonyl (C=O) groups excluding carboxylic acids is 2. The van der Waals surface area contributed by atoms with E-state index in [1.807, 2.05) is 13.0 Å². The second kappa shape index (κ2) is 4.66. The van der Waals surface area contributed by atoms with Crippen molar-refractivity contribution in [1.82, 2.24) is 5.32 Å². The quantitative estimate of drug-likeness (QED) is 0.805. The van der Waals surface area contributed by atoms with Crippen LogP contribution in [0.3, 0.4) is 0 Å². The van der Waals surface area contributed by atoms with Crippen LogP contribution in [-0.4, -0.2) is 24.9 Å². The number of benzene rings is 1. The van der Waals surface area contributed by atoms with Gasteiger partial charge in [0.15, 0.2) is 0 Å². The minimum Gasteiger partial charge on any atom is -0.352 e. The van der Waals surface area contributed by atoms with Crippen LogP contribution in [0.4, 0.5) is 5.69 Å². The topological polar surface area (TPSA) is 49.4 Å². The van der Waals surface area contributed by atoms with Crippen molar-refractivity contribution in [3.05, 3.63) is 27.2 Å². The molecule has 4 nitrogen and oxygen atoms in total. The van der Waals surface area contributed by atoms with Gasteiger partial charge in [-0.25, -0.2) is 0 Å². The van der Waals surface area contributed by atoms with Crippen molar-refractivity contribution in [3.63, 3.8) is 0 Å². The summed E-state index contributed by atoms with van der Waals surface area (Å²) in [6.45, 7) is 2.21. The van der Waals surface area contributed by atoms with E-state index < -0.39 is 0 Å². The fourth-order valence-electron chi connectivity index (χ4n) is 1.69. The summed E-state index contributed by atoms with van der Waals surface area (Å²) in [6.07, 6.45) is 0. The predicted octanol–water partition coefficient (Wildman–Crippen LogP) is 1.87. The second-order valence-electron chi connectivity index (χ2n) is 3.88. The third kappa shape index (κ3) is 2.61. The first kappa shape index (κ1) is 12.4. The van der Waals surface area contributed by atoms with E-state index in [-0.39, 0.29) is 24.9 Å². The first-order valence-corrected chi connectivity index (χ1v) is 6.18. The predicted molar refractivity (Wildman–Crippen MR) is 69.3 cm³/mol. The number of hydrogen-bond donors (Lipinski definition) is 1. The Hall–Kier alpha value is -1.07. The van der Waals surface area contributed by atoms with Crippen LogP contribution in [0.2, 0.25) is 5.02 Å². The van der Waals surface area contributed by atoms with E-state index in [4.69, 9.17) is 11.6 Å². The Morgan fingerprint density at radius 1 is 1.29 bits per heavy atom. The number of hydrogen-bond acceptors (Lipinski definition) is 3. The summed E-state index contributed by atoms with van der Waals surface area (Å²) in [5, 5.41) is 2.87. The number of amides is 2. The van der Waals surface area contributed by atoms with Crippen LogP contribution in [0.15, 0.2) is 16.6 Å². The lowest BCUT2D eigenvalue weighted by Crippen LogP contribution is -2.51. The second-order valence-corrected chi connectivity index (χ2v) is 5.14. The molecule has 2 rings (SSSR count). The molecule has 17 heavy (non-hydrogen) atoms. The molecule has 1 heterocycles. The van der Waals surface area contributed by atoms with Crippen molar-refractivity contribution in [3.8, 4) is 0 Å². The monoisotopic (exact) mass is 316 g/mol. The van der Waals surface area contributed by atoms with E-state index in [9.17, 15) is 9.59 Å². The number of nitrogens with zero attached hydrogens (tertiary/aromatic N) is 1. The number of rotatable bonds is 1. The van der Waals surface area contributed by atoms with Gasteiger partial charge in [0.1, 0.15) is 0 Å². The van der Waals surface area contributed by atoms with E-state index in [1.54, 1.807) is 11.0 Å². The van der Waals surface area contributed by atoms with Crippen molar-refractivity contribution in [2.45, 2.75) is 6.92 Å². The van der Waals surface area contributed by atoms with Crippen LogP contribution >= 0.6 is 27.5 Å². The van der Waals surface area contributed by atoms with E-state index in [0.717, 1.165) is 15.7 Å². The normalized spacial score (nSPS) is 16.1. The molecule has 0 radical (unpaired) electrons. The molecule has 1 N–H and O–H groups in total. The van der Waals surface area contributed by atoms with Gasteiger partial charge in [-0.3, -0.25) is 14.9 Å². The molecule has 0 atom stereocenters. The zero-order valence-corrected chi connectivity index (χ0v) is 11.4. The molecule has 0 bridgehead atoms. The molecule has 1 aromatic rings. The summed E-state index contributed by atoms with van der Waals surface area (Å²) in [5.41, 5.74) is 1.69. The van der Waals surface area contributed by atoms with Gasteiger partial charge in [-0.15, -0.1) is 0 Å². The van der Waals surface area contributed by atoms with Crippen LogP contribution < -0.4 is 10.2 Å². The fraction of sp³-hybridized carbons (Fsp3) is 0.273. The molecule has 0 aliphatic carbocycles. The molecule has 0 unspecified atom stereocenters. The van der Waals surface area contributed by atoms with Crippen molar-refractivity contribution in [1.29, 1.82) is 0 Å². The summed E-state index contributed by atoms with van der Waals surface area (Å²) in [5.74, 6) is -0.602. The Balaban J connectivity index is 2.36. The first-order valence-electron chi connectivity index (χ1n) is 5.00.